The maximum Gasteiger partial charge on any atom is 0.416 e. The fourth-order valence-corrected chi connectivity index (χ4v) is 5.13. The molecule has 1 aliphatic rings. The Labute approximate surface area is 193 Å². The summed E-state index contributed by atoms with van der Waals surface area (Å²) in [5.74, 6) is -1.19. The Kier molecular flexibility index (Phi) is 7.48. The number of nitrogens with zero attached hydrogens (tertiary/aromatic N) is 2. The lowest BCUT2D eigenvalue weighted by Gasteiger charge is -2.38. The molecule has 2 N–H and O–H groups in total. The van der Waals surface area contributed by atoms with Gasteiger partial charge in [0, 0.05) is 32.1 Å². The molecular weight excluding hydrogens is 479 g/mol. The van der Waals surface area contributed by atoms with Gasteiger partial charge in [-0.25, -0.2) is 13.9 Å². The molecule has 0 saturated carbocycles. The van der Waals surface area contributed by atoms with E-state index in [0.29, 0.717) is 0 Å². The summed E-state index contributed by atoms with van der Waals surface area (Å²) in [6.45, 7) is 0.550. The van der Waals surface area contributed by atoms with Crippen LogP contribution < -0.4 is 10.2 Å². The van der Waals surface area contributed by atoms with Crippen LogP contribution in [0.1, 0.15) is 18.1 Å². The number of piperazine rings is 1. The summed E-state index contributed by atoms with van der Waals surface area (Å²) in [6.07, 6.45) is -4.54. The highest BCUT2D eigenvalue weighted by molar-refractivity contribution is 7.89. The Morgan fingerprint density at radius 2 is 1.76 bits per heavy atom. The van der Waals surface area contributed by atoms with Crippen molar-refractivity contribution in [2.75, 3.05) is 19.6 Å². The normalized spacial score (nSPS) is 17.3. The molecular formula is C21H22F3N3O6S. The lowest BCUT2D eigenvalue weighted by atomic mass is 10.1. The van der Waals surface area contributed by atoms with Crippen molar-refractivity contribution in [1.29, 1.82) is 0 Å². The number of hydroxylamine groups is 1. The van der Waals surface area contributed by atoms with Gasteiger partial charge in [0.15, 0.2) is 0 Å². The first kappa shape index (κ1) is 25.5. The Balaban J connectivity index is 1.77. The topological polar surface area (TPSA) is 116 Å². The van der Waals surface area contributed by atoms with E-state index in [4.69, 9.17) is 9.94 Å². The average molecular weight is 501 g/mol. The number of amides is 2. The zero-order valence-corrected chi connectivity index (χ0v) is 18.8. The van der Waals surface area contributed by atoms with Crippen molar-refractivity contribution in [2.24, 2.45) is 0 Å². The highest BCUT2D eigenvalue weighted by Crippen LogP contribution is 2.32. The third-order valence-corrected chi connectivity index (χ3v) is 7.26. The van der Waals surface area contributed by atoms with Gasteiger partial charge in [-0.2, -0.15) is 17.5 Å². The molecule has 0 spiro atoms. The second kappa shape index (κ2) is 9.99. The minimum atomic E-state index is -4.54. The molecule has 1 fully saturated rings. The van der Waals surface area contributed by atoms with Crippen molar-refractivity contribution in [2.45, 2.75) is 30.6 Å². The number of sulfonamides is 1. The molecule has 3 rings (SSSR count). The molecule has 2 aromatic rings. The molecule has 9 nitrogen and oxygen atoms in total. The van der Waals surface area contributed by atoms with E-state index in [0.717, 1.165) is 10.4 Å². The molecule has 2 aromatic carbocycles. The van der Waals surface area contributed by atoms with Crippen LogP contribution in [-0.2, 0) is 32.4 Å². The third-order valence-electron chi connectivity index (χ3n) is 5.34. The Hall–Kier alpha value is -3.16. The monoisotopic (exact) mass is 501 g/mol. The van der Waals surface area contributed by atoms with Gasteiger partial charge in [-0.05, 0) is 30.3 Å². The Bertz CT molecular complexity index is 1160. The molecule has 1 heterocycles. The maximum absolute atomic E-state index is 13.1. The minimum absolute atomic E-state index is 0.0591. The van der Waals surface area contributed by atoms with E-state index in [2.05, 4.69) is 0 Å². The highest BCUT2D eigenvalue weighted by atomic mass is 32.2. The summed E-state index contributed by atoms with van der Waals surface area (Å²) >= 11 is 0. The third kappa shape index (κ3) is 5.48. The molecule has 1 aliphatic heterocycles. The fraction of sp³-hybridized carbons (Fsp3) is 0.333. The van der Waals surface area contributed by atoms with Gasteiger partial charge in [0.25, 0.3) is 5.91 Å². The van der Waals surface area contributed by atoms with Crippen LogP contribution in [0.25, 0.3) is 0 Å². The van der Waals surface area contributed by atoms with Crippen LogP contribution in [0.5, 0.6) is 5.75 Å². The SMILES string of the molecule is CC(=O)N1CCN(S(=O)(=O)c2ccc(OCc3ccccc3C(F)(F)F)cc2)C(C(=O)NO)C1. The van der Waals surface area contributed by atoms with Crippen LogP contribution in [-0.4, -0.2) is 60.3 Å². The Morgan fingerprint density at radius 3 is 2.35 bits per heavy atom. The van der Waals surface area contributed by atoms with Gasteiger partial charge in [0.05, 0.1) is 10.5 Å². The first-order valence-electron chi connectivity index (χ1n) is 10.0. The predicted octanol–water partition coefficient (Wildman–Crippen LogP) is 2.01. The van der Waals surface area contributed by atoms with E-state index in [1.807, 2.05) is 0 Å². The lowest BCUT2D eigenvalue weighted by molar-refractivity contribution is -0.139. The van der Waals surface area contributed by atoms with E-state index >= 15 is 0 Å². The first-order valence-corrected chi connectivity index (χ1v) is 11.5. The number of ether oxygens (including phenoxy) is 1. The summed E-state index contributed by atoms with van der Waals surface area (Å²) in [5.41, 5.74) is 0.518. The molecule has 1 saturated heterocycles. The van der Waals surface area contributed by atoms with Gasteiger partial charge >= 0.3 is 6.18 Å². The molecule has 0 aliphatic carbocycles. The number of rotatable bonds is 6. The molecule has 0 bridgehead atoms. The van der Waals surface area contributed by atoms with Crippen LogP contribution >= 0.6 is 0 Å². The van der Waals surface area contributed by atoms with Gasteiger partial charge in [-0.1, -0.05) is 18.2 Å². The second-order valence-electron chi connectivity index (χ2n) is 7.49. The van der Waals surface area contributed by atoms with Crippen LogP contribution in [0.4, 0.5) is 13.2 Å². The van der Waals surface area contributed by atoms with E-state index in [1.54, 1.807) is 0 Å². The molecule has 1 atom stereocenters. The number of carbonyl (C=O) groups excluding carboxylic acids is 2. The zero-order valence-electron chi connectivity index (χ0n) is 17.9. The van der Waals surface area contributed by atoms with E-state index < -0.39 is 33.7 Å². The quantitative estimate of drug-likeness (QED) is 0.462. The van der Waals surface area contributed by atoms with Crippen LogP contribution in [0.2, 0.25) is 0 Å². The Morgan fingerprint density at radius 1 is 1.12 bits per heavy atom. The number of alkyl halides is 3. The van der Waals surface area contributed by atoms with Crippen LogP contribution in [0.3, 0.4) is 0 Å². The number of halogens is 3. The van der Waals surface area contributed by atoms with Gasteiger partial charge in [0.2, 0.25) is 15.9 Å². The van der Waals surface area contributed by atoms with Gasteiger partial charge in [-0.3, -0.25) is 14.8 Å². The zero-order chi connectivity index (χ0) is 25.1. The number of hydrogen-bond donors (Lipinski definition) is 2. The molecule has 1 unspecified atom stereocenters. The number of carbonyl (C=O) groups is 2. The number of nitrogens with one attached hydrogen (secondary N) is 1. The van der Waals surface area contributed by atoms with Crippen molar-refractivity contribution in [3.63, 3.8) is 0 Å². The smallest absolute Gasteiger partial charge is 0.416 e. The molecule has 184 valence electrons. The van der Waals surface area contributed by atoms with Crippen molar-refractivity contribution in [1.82, 2.24) is 14.7 Å². The summed E-state index contributed by atoms with van der Waals surface area (Å²) in [4.78, 5) is 24.8. The molecule has 0 aromatic heterocycles. The summed E-state index contributed by atoms with van der Waals surface area (Å²) in [6, 6.07) is 8.58. The highest BCUT2D eigenvalue weighted by Gasteiger charge is 2.40. The van der Waals surface area contributed by atoms with Crippen LogP contribution in [0, 0.1) is 0 Å². The first-order chi connectivity index (χ1) is 15.9. The second-order valence-corrected chi connectivity index (χ2v) is 9.38. The molecule has 0 radical (unpaired) electrons. The van der Waals surface area contributed by atoms with E-state index in [9.17, 15) is 31.2 Å². The maximum atomic E-state index is 13.1. The standard InChI is InChI=1S/C21H22F3N3O6S/c1-14(28)26-10-11-27(19(12-26)20(29)25-30)34(31,32)17-8-6-16(7-9-17)33-13-15-4-2-3-5-18(15)21(22,23)24/h2-9,19,30H,10-13H2,1H3,(H,25,29). The van der Waals surface area contributed by atoms with Crippen molar-refractivity contribution in [3.05, 3.63) is 59.7 Å². The summed E-state index contributed by atoms with van der Waals surface area (Å²) < 4.78 is 71.9. The number of benzene rings is 2. The van der Waals surface area contributed by atoms with Gasteiger partial charge < -0.3 is 9.64 Å². The van der Waals surface area contributed by atoms with Crippen molar-refractivity contribution in [3.8, 4) is 5.75 Å². The summed E-state index contributed by atoms with van der Waals surface area (Å²) in [5, 5.41) is 9.01. The average Bonchev–Trinajstić information content (AvgIpc) is 2.81. The molecule has 34 heavy (non-hydrogen) atoms. The van der Waals surface area contributed by atoms with E-state index in [1.165, 1.54) is 59.8 Å². The minimum Gasteiger partial charge on any atom is -0.489 e. The van der Waals surface area contributed by atoms with Gasteiger partial charge in [0.1, 0.15) is 18.4 Å². The molecule has 2 amide bonds. The van der Waals surface area contributed by atoms with E-state index in [-0.39, 0.29) is 48.4 Å². The fourth-order valence-electron chi connectivity index (χ4n) is 3.56. The summed E-state index contributed by atoms with van der Waals surface area (Å²) in [7, 11) is -4.21. The largest absolute Gasteiger partial charge is 0.489 e. The van der Waals surface area contributed by atoms with Crippen molar-refractivity contribution < 1.29 is 41.1 Å². The van der Waals surface area contributed by atoms with Crippen LogP contribution in [0.15, 0.2) is 53.4 Å². The van der Waals surface area contributed by atoms with Gasteiger partial charge in [-0.15, -0.1) is 0 Å². The number of hydrogen-bond acceptors (Lipinski definition) is 6. The lowest BCUT2D eigenvalue weighted by Crippen LogP contribution is -2.60. The van der Waals surface area contributed by atoms with Crippen molar-refractivity contribution >= 4 is 21.8 Å². The predicted molar refractivity (Wildman–Crippen MR) is 112 cm³/mol. The molecule has 13 heteroatoms.